The van der Waals surface area contributed by atoms with Crippen molar-refractivity contribution in [2.45, 2.75) is 12.8 Å². The Morgan fingerprint density at radius 3 is 2.05 bits per heavy atom. The molecule has 2 fully saturated rings. The van der Waals surface area contributed by atoms with Gasteiger partial charge in [-0.05, 0) is 42.4 Å². The molecule has 22 heavy (non-hydrogen) atoms. The van der Waals surface area contributed by atoms with Crippen LogP contribution in [0.1, 0.15) is 18.4 Å². The van der Waals surface area contributed by atoms with Crippen LogP contribution in [0.3, 0.4) is 0 Å². The lowest BCUT2D eigenvalue weighted by atomic mass is 9.63. The van der Waals surface area contributed by atoms with Gasteiger partial charge >= 0.3 is 0 Å². The number of carbonyl (C=O) groups is 2. The van der Waals surface area contributed by atoms with Crippen molar-refractivity contribution in [1.82, 2.24) is 5.01 Å². The van der Waals surface area contributed by atoms with Gasteiger partial charge in [-0.25, -0.2) is 0 Å². The quantitative estimate of drug-likeness (QED) is 0.463. The fourth-order valence-corrected chi connectivity index (χ4v) is 4.11. The minimum absolute atomic E-state index is 0.137. The molecule has 112 valence electrons. The van der Waals surface area contributed by atoms with Crippen molar-refractivity contribution >= 4 is 34.0 Å². The SMILES string of the molecule is O=C1[C@@H]2[C@@H](C(=O)N1/N=C\c1ccc(Br)cc1)[C@H]1C=C[C@H]2CC1. The predicted molar refractivity (Wildman–Crippen MR) is 85.9 cm³/mol. The Hall–Kier alpha value is -1.75. The Morgan fingerprint density at radius 1 is 1.00 bits per heavy atom. The first-order valence-electron chi connectivity index (χ1n) is 7.51. The monoisotopic (exact) mass is 358 g/mol. The molecule has 2 amide bonds. The van der Waals surface area contributed by atoms with E-state index in [2.05, 4.69) is 33.2 Å². The van der Waals surface area contributed by atoms with E-state index in [9.17, 15) is 9.59 Å². The average Bonchev–Trinajstić information content (AvgIpc) is 2.82. The summed E-state index contributed by atoms with van der Waals surface area (Å²) >= 11 is 3.37. The van der Waals surface area contributed by atoms with Crippen molar-refractivity contribution in [3.63, 3.8) is 0 Å². The van der Waals surface area contributed by atoms with Crippen LogP contribution in [0, 0.1) is 23.7 Å². The Kier molecular flexibility index (Phi) is 3.26. The predicted octanol–water partition coefficient (Wildman–Crippen LogP) is 2.98. The number of amides is 2. The van der Waals surface area contributed by atoms with E-state index in [1.165, 1.54) is 0 Å². The zero-order valence-electron chi connectivity index (χ0n) is 11.9. The van der Waals surface area contributed by atoms with Gasteiger partial charge in [0.25, 0.3) is 11.8 Å². The number of allylic oxidation sites excluding steroid dienone is 2. The number of rotatable bonds is 2. The summed E-state index contributed by atoms with van der Waals surface area (Å²) in [6.07, 6.45) is 7.82. The van der Waals surface area contributed by atoms with Gasteiger partial charge in [-0.3, -0.25) is 9.59 Å². The summed E-state index contributed by atoms with van der Waals surface area (Å²) in [6.45, 7) is 0. The number of nitrogens with zero attached hydrogens (tertiary/aromatic N) is 2. The van der Waals surface area contributed by atoms with Crippen molar-refractivity contribution in [3.05, 3.63) is 46.5 Å². The number of hydrogen-bond donors (Lipinski definition) is 0. The van der Waals surface area contributed by atoms with Gasteiger partial charge in [-0.15, -0.1) is 0 Å². The van der Waals surface area contributed by atoms with Crippen LogP contribution in [-0.4, -0.2) is 23.0 Å². The number of hydrogen-bond acceptors (Lipinski definition) is 3. The molecule has 1 aromatic rings. The van der Waals surface area contributed by atoms with E-state index in [4.69, 9.17) is 0 Å². The maximum absolute atomic E-state index is 12.6. The van der Waals surface area contributed by atoms with Gasteiger partial charge in [-0.2, -0.15) is 10.1 Å². The second-order valence-corrected chi connectivity index (χ2v) is 7.04. The van der Waals surface area contributed by atoms with E-state index in [-0.39, 0.29) is 35.5 Å². The second-order valence-electron chi connectivity index (χ2n) is 6.13. The molecule has 0 unspecified atom stereocenters. The van der Waals surface area contributed by atoms with Crippen LogP contribution in [-0.2, 0) is 9.59 Å². The van der Waals surface area contributed by atoms with Crippen LogP contribution in [0.15, 0.2) is 46.0 Å². The first-order valence-corrected chi connectivity index (χ1v) is 8.30. The third-order valence-electron chi connectivity index (χ3n) is 4.93. The van der Waals surface area contributed by atoms with E-state index in [1.807, 2.05) is 24.3 Å². The minimum Gasteiger partial charge on any atom is -0.272 e. The van der Waals surface area contributed by atoms with Crippen LogP contribution >= 0.6 is 15.9 Å². The van der Waals surface area contributed by atoms with Crippen LogP contribution < -0.4 is 0 Å². The number of hydrazone groups is 1. The summed E-state index contributed by atoms with van der Waals surface area (Å²) in [5.74, 6) is -0.250. The Bertz CT molecular complexity index is 663. The molecule has 2 bridgehead atoms. The smallest absolute Gasteiger partial charge is 0.254 e. The topological polar surface area (TPSA) is 49.7 Å². The molecule has 4 atom stereocenters. The standard InChI is InChI=1S/C17H15BrN2O2/c18-13-7-1-10(2-8-13)9-19-20-16(21)14-11-3-4-12(6-5-11)15(14)17(20)22/h1-4,7-9,11-12,14-15H,5-6H2/b19-9-/t11-,12-,14-,15-/m0/s1. The summed E-state index contributed by atoms with van der Waals surface area (Å²) in [5.41, 5.74) is 0.861. The van der Waals surface area contributed by atoms with Crippen molar-refractivity contribution < 1.29 is 9.59 Å². The van der Waals surface area contributed by atoms with Crippen molar-refractivity contribution in [2.75, 3.05) is 0 Å². The van der Waals surface area contributed by atoms with E-state index in [0.29, 0.717) is 0 Å². The van der Waals surface area contributed by atoms with E-state index in [1.54, 1.807) is 6.21 Å². The summed E-state index contributed by atoms with van der Waals surface area (Å²) < 4.78 is 0.978. The summed E-state index contributed by atoms with van der Waals surface area (Å²) in [6, 6.07) is 7.58. The lowest BCUT2D eigenvalue weighted by Gasteiger charge is -2.37. The van der Waals surface area contributed by atoms with Crippen LogP contribution in [0.2, 0.25) is 0 Å². The van der Waals surface area contributed by atoms with Crippen LogP contribution in [0.4, 0.5) is 0 Å². The zero-order chi connectivity index (χ0) is 15.3. The molecule has 3 aliphatic carbocycles. The molecule has 1 saturated carbocycles. The third kappa shape index (κ3) is 2.07. The number of imide groups is 1. The van der Waals surface area contributed by atoms with Gasteiger partial charge in [0.15, 0.2) is 0 Å². The largest absolute Gasteiger partial charge is 0.272 e. The molecule has 0 N–H and O–H groups in total. The lowest BCUT2D eigenvalue weighted by Crippen LogP contribution is -2.38. The molecule has 1 aliphatic heterocycles. The summed E-state index contributed by atoms with van der Waals surface area (Å²) in [5, 5.41) is 5.27. The van der Waals surface area contributed by atoms with Crippen molar-refractivity contribution in [1.29, 1.82) is 0 Å². The molecule has 4 aliphatic rings. The first-order chi connectivity index (χ1) is 10.6. The third-order valence-corrected chi connectivity index (χ3v) is 5.46. The van der Waals surface area contributed by atoms with Gasteiger partial charge in [0, 0.05) is 4.47 Å². The summed E-state index contributed by atoms with van der Waals surface area (Å²) in [7, 11) is 0. The van der Waals surface area contributed by atoms with Crippen LogP contribution in [0.5, 0.6) is 0 Å². The van der Waals surface area contributed by atoms with Crippen molar-refractivity contribution in [2.24, 2.45) is 28.8 Å². The molecule has 0 aromatic heterocycles. The highest BCUT2D eigenvalue weighted by molar-refractivity contribution is 9.10. The highest BCUT2D eigenvalue weighted by atomic mass is 79.9. The van der Waals surface area contributed by atoms with Crippen LogP contribution in [0.25, 0.3) is 0 Å². The fourth-order valence-electron chi connectivity index (χ4n) is 3.85. The molecule has 5 heteroatoms. The Balaban J connectivity index is 1.60. The number of carbonyl (C=O) groups excluding carboxylic acids is 2. The fraction of sp³-hybridized carbons (Fsp3) is 0.353. The second kappa shape index (κ2) is 5.16. The molecule has 1 saturated heterocycles. The Morgan fingerprint density at radius 2 is 1.55 bits per heavy atom. The number of halogens is 1. The summed E-state index contributed by atoms with van der Waals surface area (Å²) in [4.78, 5) is 25.1. The van der Waals surface area contributed by atoms with Crippen molar-refractivity contribution in [3.8, 4) is 0 Å². The van der Waals surface area contributed by atoms with E-state index < -0.39 is 0 Å². The maximum Gasteiger partial charge on any atom is 0.254 e. The molecule has 0 radical (unpaired) electrons. The van der Waals surface area contributed by atoms with Gasteiger partial charge in [0.2, 0.25) is 0 Å². The molecule has 1 heterocycles. The first kappa shape index (κ1) is 13.9. The van der Waals surface area contributed by atoms with E-state index in [0.717, 1.165) is 27.9 Å². The highest BCUT2D eigenvalue weighted by Gasteiger charge is 2.56. The molecule has 4 nitrogen and oxygen atoms in total. The lowest BCUT2D eigenvalue weighted by molar-refractivity contribution is -0.140. The van der Waals surface area contributed by atoms with Gasteiger partial charge < -0.3 is 0 Å². The molecular formula is C17H15BrN2O2. The van der Waals surface area contributed by atoms with Gasteiger partial charge in [-0.1, -0.05) is 40.2 Å². The molecular weight excluding hydrogens is 344 g/mol. The highest BCUT2D eigenvalue weighted by Crippen LogP contribution is 2.49. The van der Waals surface area contributed by atoms with E-state index >= 15 is 0 Å². The van der Waals surface area contributed by atoms with Gasteiger partial charge in [0.1, 0.15) is 0 Å². The molecule has 5 rings (SSSR count). The molecule has 0 spiro atoms. The normalized spacial score (nSPS) is 33.0. The number of fused-ring (bicyclic) bond motifs is 1. The zero-order valence-corrected chi connectivity index (χ0v) is 13.4. The Labute approximate surface area is 137 Å². The van der Waals surface area contributed by atoms with Gasteiger partial charge in [0.05, 0.1) is 18.1 Å². The molecule has 1 aromatic carbocycles. The number of benzene rings is 1. The maximum atomic E-state index is 12.6. The minimum atomic E-state index is -0.196. The average molecular weight is 359 g/mol.